The van der Waals surface area contributed by atoms with Crippen LogP contribution in [0.15, 0.2) is 53.0 Å². The van der Waals surface area contributed by atoms with Crippen LogP contribution in [0.2, 0.25) is 5.02 Å². The number of thioether (sulfide) groups is 1. The molecule has 0 bridgehead atoms. The molecule has 0 atom stereocenters. The van der Waals surface area contributed by atoms with Crippen molar-refractivity contribution < 1.29 is 9.47 Å². The third-order valence-corrected chi connectivity index (χ3v) is 6.74. The Morgan fingerprint density at radius 3 is 2.66 bits per heavy atom. The van der Waals surface area contributed by atoms with E-state index >= 15 is 0 Å². The van der Waals surface area contributed by atoms with E-state index in [0.29, 0.717) is 38.7 Å². The molecule has 0 unspecified atom stereocenters. The van der Waals surface area contributed by atoms with E-state index in [4.69, 9.17) is 26.8 Å². The molecule has 32 heavy (non-hydrogen) atoms. The van der Waals surface area contributed by atoms with Gasteiger partial charge in [0.2, 0.25) is 6.79 Å². The second-order valence-electron chi connectivity index (χ2n) is 6.73. The molecule has 0 aliphatic carbocycles. The second-order valence-corrected chi connectivity index (χ2v) is 8.97. The summed E-state index contributed by atoms with van der Waals surface area (Å²) in [5.41, 5.74) is 9.39. The quantitative estimate of drug-likeness (QED) is 0.299. The molecule has 7 nitrogen and oxygen atoms in total. The molecule has 0 radical (unpaired) electrons. The number of hydrogen-bond donors (Lipinski definition) is 1. The van der Waals surface area contributed by atoms with E-state index in [1.165, 1.54) is 11.8 Å². The largest absolute Gasteiger partial charge is 0.454 e. The van der Waals surface area contributed by atoms with Crippen molar-refractivity contribution in [3.63, 3.8) is 0 Å². The number of ether oxygens (including phenoxy) is 2. The number of thiazole rings is 1. The van der Waals surface area contributed by atoms with Gasteiger partial charge in [-0.15, -0.1) is 11.3 Å². The number of rotatable bonds is 5. The van der Waals surface area contributed by atoms with Gasteiger partial charge in [-0.3, -0.25) is 0 Å². The van der Waals surface area contributed by atoms with Crippen LogP contribution in [-0.2, 0) is 5.75 Å². The lowest BCUT2D eigenvalue weighted by molar-refractivity contribution is 0.174. The van der Waals surface area contributed by atoms with Gasteiger partial charge in [0, 0.05) is 27.3 Å². The fourth-order valence-corrected chi connectivity index (χ4v) is 4.92. The summed E-state index contributed by atoms with van der Waals surface area (Å²) >= 11 is 8.93. The molecule has 0 amide bonds. The maximum Gasteiger partial charge on any atom is 0.231 e. The van der Waals surface area contributed by atoms with Crippen LogP contribution in [0.4, 0.5) is 5.82 Å². The molecule has 2 aromatic carbocycles. The van der Waals surface area contributed by atoms with Gasteiger partial charge in [0.15, 0.2) is 16.7 Å². The number of aromatic nitrogens is 3. The molecule has 0 saturated carbocycles. The van der Waals surface area contributed by atoms with E-state index in [0.717, 1.165) is 16.3 Å². The highest BCUT2D eigenvalue weighted by atomic mass is 35.5. The molecule has 5 rings (SSSR count). The van der Waals surface area contributed by atoms with Crippen LogP contribution in [0.3, 0.4) is 0 Å². The van der Waals surface area contributed by atoms with Gasteiger partial charge >= 0.3 is 0 Å². The summed E-state index contributed by atoms with van der Waals surface area (Å²) in [7, 11) is 0. The third kappa shape index (κ3) is 4.08. The van der Waals surface area contributed by atoms with E-state index < -0.39 is 0 Å². The summed E-state index contributed by atoms with van der Waals surface area (Å²) < 4.78 is 10.8. The molecule has 0 fully saturated rings. The standard InChI is InChI=1S/C22H14ClN5O2S2/c23-14-4-1-12(2-5-14)21-26-15(9-31-21)10-32-22-27-19(16(8-24)20(25)28-22)13-3-6-17-18(7-13)30-11-29-17/h1-7,9H,10-11H2,(H2,25,27,28). The van der Waals surface area contributed by atoms with Crippen LogP contribution < -0.4 is 15.2 Å². The van der Waals surface area contributed by atoms with Crippen molar-refractivity contribution in [3.05, 3.63) is 64.1 Å². The zero-order valence-electron chi connectivity index (χ0n) is 16.4. The number of fused-ring (bicyclic) bond motifs is 1. The van der Waals surface area contributed by atoms with E-state index in [1.54, 1.807) is 23.5 Å². The lowest BCUT2D eigenvalue weighted by Gasteiger charge is -2.09. The number of nitrogens with two attached hydrogens (primary N) is 1. The Hall–Kier alpha value is -3.32. The minimum absolute atomic E-state index is 0.137. The predicted octanol–water partition coefficient (Wildman–Crippen LogP) is 5.40. The molecular formula is C22H14ClN5O2S2. The fraction of sp³-hybridized carbons (Fsp3) is 0.0909. The number of anilines is 1. The van der Waals surface area contributed by atoms with Gasteiger partial charge in [0.05, 0.1) is 11.4 Å². The van der Waals surface area contributed by atoms with Crippen LogP contribution >= 0.6 is 34.7 Å². The summed E-state index contributed by atoms with van der Waals surface area (Å²) in [4.78, 5) is 13.6. The highest BCUT2D eigenvalue weighted by molar-refractivity contribution is 7.98. The molecule has 3 heterocycles. The Balaban J connectivity index is 1.39. The third-order valence-electron chi connectivity index (χ3n) is 4.67. The van der Waals surface area contributed by atoms with Gasteiger partial charge in [0.1, 0.15) is 22.5 Å². The van der Waals surface area contributed by atoms with Gasteiger partial charge in [-0.25, -0.2) is 15.0 Å². The average molecular weight is 480 g/mol. The maximum absolute atomic E-state index is 9.59. The average Bonchev–Trinajstić information content (AvgIpc) is 3.47. The van der Waals surface area contributed by atoms with Gasteiger partial charge in [-0.2, -0.15) is 5.26 Å². The zero-order valence-corrected chi connectivity index (χ0v) is 18.8. The number of nitrogens with zero attached hydrogens (tertiary/aromatic N) is 4. The Kier molecular flexibility index (Phi) is 5.57. The Labute approximate surface area is 196 Å². The number of halogens is 1. The maximum atomic E-state index is 9.59. The second kappa shape index (κ2) is 8.67. The minimum atomic E-state index is 0.137. The SMILES string of the molecule is N#Cc1c(N)nc(SCc2csc(-c3ccc(Cl)cc3)n2)nc1-c1ccc2c(c1)OCO2. The zero-order chi connectivity index (χ0) is 22.1. The van der Waals surface area contributed by atoms with Crippen LogP contribution in [0.1, 0.15) is 11.3 Å². The van der Waals surface area contributed by atoms with Crippen LogP contribution in [0, 0.1) is 11.3 Å². The van der Waals surface area contributed by atoms with E-state index in [1.807, 2.05) is 35.7 Å². The number of benzene rings is 2. The summed E-state index contributed by atoms with van der Waals surface area (Å²) in [5, 5.41) is 13.7. The van der Waals surface area contributed by atoms with Crippen molar-refractivity contribution >= 4 is 40.5 Å². The predicted molar refractivity (Wildman–Crippen MR) is 125 cm³/mol. The summed E-state index contributed by atoms with van der Waals surface area (Å²) in [5.74, 6) is 1.97. The van der Waals surface area contributed by atoms with Crippen LogP contribution in [-0.4, -0.2) is 21.7 Å². The van der Waals surface area contributed by atoms with Crippen molar-refractivity contribution in [1.82, 2.24) is 15.0 Å². The van der Waals surface area contributed by atoms with Crippen molar-refractivity contribution in [2.45, 2.75) is 10.9 Å². The smallest absolute Gasteiger partial charge is 0.231 e. The van der Waals surface area contributed by atoms with Gasteiger partial charge in [-0.05, 0) is 30.3 Å². The van der Waals surface area contributed by atoms with Crippen LogP contribution in [0.5, 0.6) is 11.5 Å². The first-order chi connectivity index (χ1) is 15.6. The number of hydrogen-bond acceptors (Lipinski definition) is 9. The molecule has 4 aromatic rings. The van der Waals surface area contributed by atoms with E-state index in [9.17, 15) is 5.26 Å². The molecule has 0 spiro atoms. The van der Waals surface area contributed by atoms with Crippen molar-refractivity contribution in [3.8, 4) is 39.4 Å². The number of nitriles is 1. The van der Waals surface area contributed by atoms with E-state index in [2.05, 4.69) is 21.0 Å². The minimum Gasteiger partial charge on any atom is -0.454 e. The summed E-state index contributed by atoms with van der Waals surface area (Å²) in [6, 6.07) is 15.1. The molecule has 10 heteroatoms. The topological polar surface area (TPSA) is 107 Å². The molecule has 2 aromatic heterocycles. The molecule has 2 N–H and O–H groups in total. The van der Waals surface area contributed by atoms with Gasteiger partial charge < -0.3 is 15.2 Å². The highest BCUT2D eigenvalue weighted by Gasteiger charge is 2.19. The Morgan fingerprint density at radius 2 is 1.84 bits per heavy atom. The Morgan fingerprint density at radius 1 is 1.06 bits per heavy atom. The van der Waals surface area contributed by atoms with Crippen molar-refractivity contribution in [1.29, 1.82) is 5.26 Å². The lowest BCUT2D eigenvalue weighted by atomic mass is 10.1. The summed E-state index contributed by atoms with van der Waals surface area (Å²) in [6.45, 7) is 0.169. The van der Waals surface area contributed by atoms with Gasteiger partial charge in [0.25, 0.3) is 0 Å². The fourth-order valence-electron chi connectivity index (χ4n) is 3.12. The van der Waals surface area contributed by atoms with Crippen molar-refractivity contribution in [2.75, 3.05) is 12.5 Å². The van der Waals surface area contributed by atoms with Gasteiger partial charge in [-0.1, -0.05) is 35.5 Å². The first-order valence-corrected chi connectivity index (χ1v) is 11.7. The van der Waals surface area contributed by atoms with Crippen molar-refractivity contribution in [2.24, 2.45) is 0 Å². The Bertz CT molecular complexity index is 1350. The molecule has 158 valence electrons. The monoisotopic (exact) mass is 479 g/mol. The molecular weight excluding hydrogens is 466 g/mol. The van der Waals surface area contributed by atoms with E-state index in [-0.39, 0.29) is 18.2 Å². The summed E-state index contributed by atoms with van der Waals surface area (Å²) in [6.07, 6.45) is 0. The lowest BCUT2D eigenvalue weighted by Crippen LogP contribution is -2.02. The van der Waals surface area contributed by atoms with Crippen LogP contribution in [0.25, 0.3) is 21.8 Å². The first kappa shape index (κ1) is 20.6. The molecule has 0 saturated heterocycles. The normalized spacial score (nSPS) is 12.0. The first-order valence-electron chi connectivity index (χ1n) is 9.41. The number of nitrogen functional groups attached to an aromatic ring is 1. The molecule has 1 aliphatic heterocycles. The molecule has 1 aliphatic rings. The highest BCUT2D eigenvalue weighted by Crippen LogP contribution is 2.37.